The maximum atomic E-state index is 12.7. The van der Waals surface area contributed by atoms with Gasteiger partial charge < -0.3 is 9.80 Å². The smallest absolute Gasteiger partial charge is 0.262 e. The van der Waals surface area contributed by atoms with E-state index in [2.05, 4.69) is 19.6 Å². The van der Waals surface area contributed by atoms with Crippen molar-refractivity contribution in [3.63, 3.8) is 0 Å². The van der Waals surface area contributed by atoms with Crippen LogP contribution < -0.4 is 14.5 Å². The second-order valence-corrected chi connectivity index (χ2v) is 8.45. The SMILES string of the molecule is Cc1ccc(S(=O)(=O)Nc2cnc(N3CCCCC3)nc2N(C)C)cc1. The van der Waals surface area contributed by atoms with Crippen molar-refractivity contribution in [1.82, 2.24) is 9.97 Å². The van der Waals surface area contributed by atoms with Gasteiger partial charge in [-0.25, -0.2) is 13.4 Å². The van der Waals surface area contributed by atoms with Crippen molar-refractivity contribution in [2.45, 2.75) is 31.1 Å². The van der Waals surface area contributed by atoms with E-state index in [0.29, 0.717) is 17.5 Å². The van der Waals surface area contributed by atoms with Crippen molar-refractivity contribution < 1.29 is 8.42 Å². The van der Waals surface area contributed by atoms with Crippen molar-refractivity contribution in [2.75, 3.05) is 41.7 Å². The third-order valence-electron chi connectivity index (χ3n) is 4.39. The molecular formula is C18H25N5O2S. The lowest BCUT2D eigenvalue weighted by molar-refractivity contribution is 0.568. The Kier molecular flexibility index (Phi) is 5.31. The standard InChI is InChI=1S/C18H25N5O2S/c1-14-7-9-15(10-8-14)26(24,25)21-16-13-19-18(20-17(16)22(2)3)23-11-5-4-6-12-23/h7-10,13,21H,4-6,11-12H2,1-3H3. The number of aromatic nitrogens is 2. The predicted octanol–water partition coefficient (Wildman–Crippen LogP) is 2.64. The molecule has 1 fully saturated rings. The zero-order valence-electron chi connectivity index (χ0n) is 15.4. The highest BCUT2D eigenvalue weighted by Crippen LogP contribution is 2.27. The number of hydrogen-bond donors (Lipinski definition) is 1. The molecule has 26 heavy (non-hydrogen) atoms. The minimum atomic E-state index is -3.69. The van der Waals surface area contributed by atoms with E-state index in [1.54, 1.807) is 35.4 Å². The van der Waals surface area contributed by atoms with Crippen LogP contribution in [0, 0.1) is 6.92 Å². The van der Waals surface area contributed by atoms with Crippen LogP contribution in [0.25, 0.3) is 0 Å². The number of nitrogens with zero attached hydrogens (tertiary/aromatic N) is 4. The Bertz CT molecular complexity index is 860. The summed E-state index contributed by atoms with van der Waals surface area (Å²) >= 11 is 0. The Labute approximate surface area is 155 Å². The molecule has 2 heterocycles. The van der Waals surface area contributed by atoms with Gasteiger partial charge in [-0.1, -0.05) is 17.7 Å². The Balaban J connectivity index is 1.90. The minimum absolute atomic E-state index is 0.216. The fourth-order valence-corrected chi connectivity index (χ4v) is 3.99. The number of sulfonamides is 1. The molecule has 0 radical (unpaired) electrons. The molecule has 8 heteroatoms. The Morgan fingerprint density at radius 2 is 1.73 bits per heavy atom. The monoisotopic (exact) mass is 375 g/mol. The van der Waals surface area contributed by atoms with E-state index in [4.69, 9.17) is 0 Å². The van der Waals surface area contributed by atoms with Crippen LogP contribution in [0.4, 0.5) is 17.5 Å². The zero-order valence-corrected chi connectivity index (χ0v) is 16.3. The molecular weight excluding hydrogens is 350 g/mol. The van der Waals surface area contributed by atoms with Crippen LogP contribution in [0.2, 0.25) is 0 Å². The molecule has 1 aromatic carbocycles. The number of anilines is 3. The predicted molar refractivity (Wildman–Crippen MR) is 104 cm³/mol. The van der Waals surface area contributed by atoms with Crippen molar-refractivity contribution in [3.8, 4) is 0 Å². The molecule has 1 aromatic heterocycles. The highest BCUT2D eigenvalue weighted by Gasteiger charge is 2.20. The maximum Gasteiger partial charge on any atom is 0.262 e. The van der Waals surface area contributed by atoms with Gasteiger partial charge in [0.2, 0.25) is 5.95 Å². The molecule has 0 saturated carbocycles. The molecule has 0 aliphatic carbocycles. The average molecular weight is 375 g/mol. The summed E-state index contributed by atoms with van der Waals surface area (Å²) in [5.41, 5.74) is 1.38. The normalized spacial score (nSPS) is 15.0. The average Bonchev–Trinajstić information content (AvgIpc) is 2.62. The van der Waals surface area contributed by atoms with Crippen LogP contribution in [0.3, 0.4) is 0 Å². The van der Waals surface area contributed by atoms with Gasteiger partial charge in [0.25, 0.3) is 10.0 Å². The highest BCUT2D eigenvalue weighted by molar-refractivity contribution is 7.92. The molecule has 7 nitrogen and oxygen atoms in total. The van der Waals surface area contributed by atoms with Gasteiger partial charge in [0.1, 0.15) is 5.69 Å². The van der Waals surface area contributed by atoms with Gasteiger partial charge in [-0.05, 0) is 38.3 Å². The first-order valence-corrected chi connectivity index (χ1v) is 10.2. The molecule has 0 amide bonds. The van der Waals surface area contributed by atoms with Gasteiger partial charge in [-0.15, -0.1) is 0 Å². The summed E-state index contributed by atoms with van der Waals surface area (Å²) in [5.74, 6) is 1.20. The molecule has 1 aliphatic heterocycles. The zero-order chi connectivity index (χ0) is 18.7. The van der Waals surface area contributed by atoms with Crippen LogP contribution in [0.15, 0.2) is 35.4 Å². The summed E-state index contributed by atoms with van der Waals surface area (Å²) in [7, 11) is -0.0155. The van der Waals surface area contributed by atoms with Crippen LogP contribution in [0.5, 0.6) is 0 Å². The number of piperidine rings is 1. The van der Waals surface area contributed by atoms with Crippen LogP contribution in [-0.2, 0) is 10.0 Å². The number of aryl methyl sites for hydroxylation is 1. The van der Waals surface area contributed by atoms with E-state index in [0.717, 1.165) is 31.5 Å². The van der Waals surface area contributed by atoms with Crippen molar-refractivity contribution in [1.29, 1.82) is 0 Å². The first-order valence-electron chi connectivity index (χ1n) is 8.75. The van der Waals surface area contributed by atoms with Gasteiger partial charge in [0.15, 0.2) is 5.82 Å². The van der Waals surface area contributed by atoms with Crippen molar-refractivity contribution in [3.05, 3.63) is 36.0 Å². The van der Waals surface area contributed by atoms with Crippen molar-refractivity contribution in [2.24, 2.45) is 0 Å². The minimum Gasteiger partial charge on any atom is -0.361 e. The topological polar surface area (TPSA) is 78.4 Å². The van der Waals surface area contributed by atoms with Gasteiger partial charge in [-0.3, -0.25) is 4.72 Å². The fourth-order valence-electron chi connectivity index (χ4n) is 2.94. The molecule has 1 aliphatic rings. The van der Waals surface area contributed by atoms with Crippen LogP contribution in [0.1, 0.15) is 24.8 Å². The lowest BCUT2D eigenvalue weighted by Gasteiger charge is -2.28. The van der Waals surface area contributed by atoms with E-state index in [-0.39, 0.29) is 4.90 Å². The number of hydrogen-bond acceptors (Lipinski definition) is 6. The molecule has 0 atom stereocenters. The van der Waals surface area contributed by atoms with E-state index in [1.807, 2.05) is 21.0 Å². The van der Waals surface area contributed by atoms with E-state index in [1.165, 1.54) is 6.42 Å². The van der Waals surface area contributed by atoms with Gasteiger partial charge in [0, 0.05) is 27.2 Å². The molecule has 1 N–H and O–H groups in total. The van der Waals surface area contributed by atoms with E-state index >= 15 is 0 Å². The summed E-state index contributed by atoms with van der Waals surface area (Å²) in [6, 6.07) is 6.74. The van der Waals surface area contributed by atoms with Crippen LogP contribution >= 0.6 is 0 Å². The molecule has 0 unspecified atom stereocenters. The van der Waals surface area contributed by atoms with Gasteiger partial charge in [-0.2, -0.15) is 4.98 Å². The summed E-state index contributed by atoms with van der Waals surface area (Å²) in [6.45, 7) is 3.78. The molecule has 2 aromatic rings. The van der Waals surface area contributed by atoms with Crippen molar-refractivity contribution >= 4 is 27.5 Å². The highest BCUT2D eigenvalue weighted by atomic mass is 32.2. The molecule has 3 rings (SSSR count). The quantitative estimate of drug-likeness (QED) is 0.866. The first kappa shape index (κ1) is 18.4. The van der Waals surface area contributed by atoms with E-state index < -0.39 is 10.0 Å². The fraction of sp³-hybridized carbons (Fsp3) is 0.444. The largest absolute Gasteiger partial charge is 0.361 e. The molecule has 1 saturated heterocycles. The summed E-state index contributed by atoms with van der Waals surface area (Å²) < 4.78 is 28.0. The van der Waals surface area contributed by atoms with Gasteiger partial charge in [0.05, 0.1) is 11.1 Å². The number of rotatable bonds is 5. The number of nitrogens with one attached hydrogen (secondary N) is 1. The Morgan fingerprint density at radius 3 is 2.35 bits per heavy atom. The summed E-state index contributed by atoms with van der Waals surface area (Å²) in [4.78, 5) is 13.2. The Hall–Kier alpha value is -2.35. The van der Waals surface area contributed by atoms with E-state index in [9.17, 15) is 8.42 Å². The summed E-state index contributed by atoms with van der Waals surface area (Å²) in [6.07, 6.45) is 5.04. The molecule has 0 spiro atoms. The lowest BCUT2D eigenvalue weighted by atomic mass is 10.1. The van der Waals surface area contributed by atoms with Gasteiger partial charge >= 0.3 is 0 Å². The Morgan fingerprint density at radius 1 is 1.08 bits per heavy atom. The lowest BCUT2D eigenvalue weighted by Crippen LogP contribution is -2.31. The molecule has 0 bridgehead atoms. The third-order valence-corrected chi connectivity index (χ3v) is 5.78. The second-order valence-electron chi connectivity index (χ2n) is 6.77. The first-order chi connectivity index (χ1) is 12.4. The summed E-state index contributed by atoms with van der Waals surface area (Å²) in [5, 5.41) is 0. The maximum absolute atomic E-state index is 12.7. The molecule has 140 valence electrons. The third kappa shape index (κ3) is 4.07. The second kappa shape index (κ2) is 7.49. The van der Waals surface area contributed by atoms with Crippen LogP contribution in [-0.4, -0.2) is 45.6 Å². The number of benzene rings is 1.